The number of carbonyl (C=O) groups excluding carboxylic acids is 1. The summed E-state index contributed by atoms with van der Waals surface area (Å²) in [7, 11) is 0. The van der Waals surface area contributed by atoms with Crippen molar-refractivity contribution in [3.8, 4) is 0 Å². The lowest BCUT2D eigenvalue weighted by Crippen LogP contribution is -2.38. The fourth-order valence-corrected chi connectivity index (χ4v) is 3.49. The van der Waals surface area contributed by atoms with Crippen molar-refractivity contribution in [1.82, 2.24) is 9.88 Å². The summed E-state index contributed by atoms with van der Waals surface area (Å²) in [6, 6.07) is 16.2. The van der Waals surface area contributed by atoms with Crippen LogP contribution in [0.3, 0.4) is 0 Å². The van der Waals surface area contributed by atoms with Crippen LogP contribution in [0.2, 0.25) is 0 Å². The molecule has 0 spiro atoms. The third-order valence-electron chi connectivity index (χ3n) is 4.98. The lowest BCUT2D eigenvalue weighted by molar-refractivity contribution is 0.206. The molecule has 0 bridgehead atoms. The smallest absolute Gasteiger partial charge is 0.322 e. The Balaban J connectivity index is 1.60. The van der Waals surface area contributed by atoms with Crippen LogP contribution in [0, 0.1) is 0 Å². The zero-order valence-electron chi connectivity index (χ0n) is 14.7. The van der Waals surface area contributed by atoms with E-state index in [1.54, 1.807) is 0 Å². The number of urea groups is 1. The number of anilines is 1. The molecule has 2 amide bonds. The molecule has 2 aromatic carbocycles. The van der Waals surface area contributed by atoms with Crippen LogP contribution in [0.25, 0.3) is 10.9 Å². The third kappa shape index (κ3) is 3.00. The van der Waals surface area contributed by atoms with Crippen LogP contribution >= 0.6 is 0 Å². The molecule has 1 aliphatic heterocycles. The van der Waals surface area contributed by atoms with Crippen molar-refractivity contribution in [3.05, 3.63) is 65.4 Å². The predicted octanol–water partition coefficient (Wildman–Crippen LogP) is 4.88. The molecular weight excluding hydrogens is 310 g/mol. The average Bonchev–Trinajstić information content (AvgIpc) is 2.99. The van der Waals surface area contributed by atoms with Gasteiger partial charge in [0.2, 0.25) is 0 Å². The van der Waals surface area contributed by atoms with Gasteiger partial charge in [0, 0.05) is 47.4 Å². The number of nitrogens with one attached hydrogen (secondary N) is 2. The number of amides is 2. The maximum atomic E-state index is 12.6. The molecular formula is C21H23N3O. The molecule has 2 heterocycles. The van der Waals surface area contributed by atoms with Crippen molar-refractivity contribution in [2.45, 2.75) is 32.7 Å². The van der Waals surface area contributed by atoms with E-state index in [2.05, 4.69) is 42.3 Å². The zero-order chi connectivity index (χ0) is 17.4. The van der Waals surface area contributed by atoms with Gasteiger partial charge in [0.05, 0.1) is 0 Å². The minimum Gasteiger partial charge on any atom is -0.358 e. The molecule has 4 heteroatoms. The van der Waals surface area contributed by atoms with Gasteiger partial charge in [0.15, 0.2) is 0 Å². The Bertz CT molecular complexity index is 912. The van der Waals surface area contributed by atoms with Gasteiger partial charge in [-0.3, -0.25) is 0 Å². The largest absolute Gasteiger partial charge is 0.358 e. The van der Waals surface area contributed by atoms with Crippen molar-refractivity contribution < 1.29 is 4.79 Å². The molecule has 0 saturated carbocycles. The highest BCUT2D eigenvalue weighted by Crippen LogP contribution is 2.30. The first-order valence-corrected chi connectivity index (χ1v) is 8.86. The summed E-state index contributed by atoms with van der Waals surface area (Å²) in [5, 5.41) is 4.24. The summed E-state index contributed by atoms with van der Waals surface area (Å²) in [6.45, 7) is 5.80. The van der Waals surface area contributed by atoms with Gasteiger partial charge in [0.25, 0.3) is 0 Å². The molecule has 0 atom stereocenters. The second-order valence-corrected chi connectivity index (χ2v) is 7.01. The number of nitrogens with zero attached hydrogens (tertiary/aromatic N) is 1. The Morgan fingerprint density at radius 1 is 1.16 bits per heavy atom. The first-order valence-electron chi connectivity index (χ1n) is 8.86. The number of rotatable bonds is 2. The highest BCUT2D eigenvalue weighted by atomic mass is 16.2. The van der Waals surface area contributed by atoms with Crippen LogP contribution in [0.4, 0.5) is 10.5 Å². The highest BCUT2D eigenvalue weighted by Gasteiger charge is 2.24. The number of benzene rings is 2. The minimum atomic E-state index is -0.0359. The number of para-hydroxylation sites is 1. The van der Waals surface area contributed by atoms with Gasteiger partial charge in [-0.15, -0.1) is 0 Å². The van der Waals surface area contributed by atoms with Crippen LogP contribution < -0.4 is 5.32 Å². The van der Waals surface area contributed by atoms with Gasteiger partial charge in [-0.1, -0.05) is 38.1 Å². The molecule has 25 heavy (non-hydrogen) atoms. The molecule has 0 fully saturated rings. The van der Waals surface area contributed by atoms with E-state index in [1.807, 2.05) is 35.2 Å². The van der Waals surface area contributed by atoms with Crippen LogP contribution in [0.15, 0.2) is 48.5 Å². The lowest BCUT2D eigenvalue weighted by Gasteiger charge is -2.27. The zero-order valence-corrected chi connectivity index (χ0v) is 14.7. The van der Waals surface area contributed by atoms with Gasteiger partial charge in [-0.2, -0.15) is 0 Å². The average molecular weight is 333 g/mol. The Hall–Kier alpha value is -2.75. The molecule has 0 aliphatic carbocycles. The first kappa shape index (κ1) is 15.8. The van der Waals surface area contributed by atoms with Crippen molar-refractivity contribution in [2.24, 2.45) is 0 Å². The molecule has 1 aliphatic rings. The molecule has 0 radical (unpaired) electrons. The van der Waals surface area contributed by atoms with E-state index in [0.717, 1.165) is 18.7 Å². The summed E-state index contributed by atoms with van der Waals surface area (Å²) < 4.78 is 0. The molecule has 2 N–H and O–H groups in total. The van der Waals surface area contributed by atoms with Gasteiger partial charge in [0.1, 0.15) is 0 Å². The topological polar surface area (TPSA) is 48.1 Å². The summed E-state index contributed by atoms with van der Waals surface area (Å²) in [6.07, 6.45) is 0.864. The SMILES string of the molecule is CC(C)c1ccc2[nH]c3c(c2c1)CN(C(=O)Nc1ccccc1)CC3. The molecule has 3 aromatic rings. The van der Waals surface area contributed by atoms with E-state index in [0.29, 0.717) is 12.5 Å². The van der Waals surface area contributed by atoms with E-state index >= 15 is 0 Å². The van der Waals surface area contributed by atoms with Gasteiger partial charge < -0.3 is 15.2 Å². The van der Waals surface area contributed by atoms with Crippen molar-refractivity contribution >= 4 is 22.6 Å². The number of hydrogen-bond donors (Lipinski definition) is 2. The second-order valence-electron chi connectivity index (χ2n) is 7.01. The second kappa shape index (κ2) is 6.28. The van der Waals surface area contributed by atoms with Crippen molar-refractivity contribution in [2.75, 3.05) is 11.9 Å². The standard InChI is InChI=1S/C21H23N3O/c1-14(2)15-8-9-19-17(12-15)18-13-24(11-10-20(18)23-19)21(25)22-16-6-4-3-5-7-16/h3-9,12,14,23H,10-11,13H2,1-2H3,(H,22,25). The van der Waals surface area contributed by atoms with Crippen molar-refractivity contribution in [1.29, 1.82) is 0 Å². The van der Waals surface area contributed by atoms with E-state index in [1.165, 1.54) is 27.7 Å². The first-order chi connectivity index (χ1) is 12.1. The molecule has 4 rings (SSSR count). The van der Waals surface area contributed by atoms with Crippen molar-refractivity contribution in [3.63, 3.8) is 0 Å². The molecule has 128 valence electrons. The molecule has 0 unspecified atom stereocenters. The predicted molar refractivity (Wildman–Crippen MR) is 102 cm³/mol. The van der Waals surface area contributed by atoms with Gasteiger partial charge >= 0.3 is 6.03 Å². The quantitative estimate of drug-likeness (QED) is 0.690. The molecule has 4 nitrogen and oxygen atoms in total. The Kier molecular flexibility index (Phi) is 3.96. The van der Waals surface area contributed by atoms with Crippen LogP contribution in [0.1, 0.15) is 36.6 Å². The fourth-order valence-electron chi connectivity index (χ4n) is 3.49. The van der Waals surface area contributed by atoms with E-state index < -0.39 is 0 Å². The number of aromatic amines is 1. The minimum absolute atomic E-state index is 0.0359. The van der Waals surface area contributed by atoms with Gasteiger partial charge in [-0.25, -0.2) is 4.79 Å². The fraction of sp³-hybridized carbons (Fsp3) is 0.286. The molecule has 0 saturated heterocycles. The Labute approximate surface area is 147 Å². The third-order valence-corrected chi connectivity index (χ3v) is 4.98. The maximum absolute atomic E-state index is 12.6. The molecule has 1 aromatic heterocycles. The summed E-state index contributed by atoms with van der Waals surface area (Å²) >= 11 is 0. The summed E-state index contributed by atoms with van der Waals surface area (Å²) in [4.78, 5) is 18.0. The van der Waals surface area contributed by atoms with Gasteiger partial charge in [-0.05, 0) is 35.7 Å². The Morgan fingerprint density at radius 3 is 2.72 bits per heavy atom. The van der Waals surface area contributed by atoms with E-state index in [4.69, 9.17) is 0 Å². The highest BCUT2D eigenvalue weighted by molar-refractivity contribution is 5.91. The normalized spacial score (nSPS) is 14.0. The van der Waals surface area contributed by atoms with E-state index in [9.17, 15) is 4.79 Å². The number of hydrogen-bond acceptors (Lipinski definition) is 1. The number of H-pyrrole nitrogens is 1. The van der Waals surface area contributed by atoms with Crippen LogP contribution in [-0.2, 0) is 13.0 Å². The lowest BCUT2D eigenvalue weighted by atomic mass is 9.98. The summed E-state index contributed by atoms with van der Waals surface area (Å²) in [5.41, 5.74) is 5.85. The van der Waals surface area contributed by atoms with E-state index in [-0.39, 0.29) is 6.03 Å². The Morgan fingerprint density at radius 2 is 1.96 bits per heavy atom. The summed E-state index contributed by atoms with van der Waals surface area (Å²) in [5.74, 6) is 0.496. The van der Waals surface area contributed by atoms with Crippen LogP contribution in [0.5, 0.6) is 0 Å². The number of aromatic nitrogens is 1. The maximum Gasteiger partial charge on any atom is 0.322 e. The monoisotopic (exact) mass is 333 g/mol. The number of carbonyl (C=O) groups is 1. The number of fused-ring (bicyclic) bond motifs is 3. The van der Waals surface area contributed by atoms with Crippen LogP contribution in [-0.4, -0.2) is 22.5 Å².